The van der Waals surface area contributed by atoms with Crippen molar-refractivity contribution >= 4 is 76.2 Å². The van der Waals surface area contributed by atoms with E-state index < -0.39 is 0 Å². The first kappa shape index (κ1) is 38.2. The molecule has 0 amide bonds. The number of hydrogen-bond donors (Lipinski definition) is 0. The van der Waals surface area contributed by atoms with Crippen molar-refractivity contribution in [3.63, 3.8) is 0 Å². The molecular weight excluding hydrogens is 825 g/mol. The molecule has 3 aromatic heterocycles. The predicted molar refractivity (Wildman–Crippen MR) is 285 cm³/mol. The van der Waals surface area contributed by atoms with Gasteiger partial charge in [-0.3, -0.25) is 0 Å². The topological polar surface area (TPSA) is 35.6 Å². The van der Waals surface area contributed by atoms with Crippen molar-refractivity contribution in [1.29, 1.82) is 0 Å². The number of nitrogens with zero attached hydrogens (tertiary/aromatic N) is 4. The molecule has 316 valence electrons. The second-order valence-corrected chi connectivity index (χ2v) is 17.8. The van der Waals surface area contributed by atoms with E-state index in [1.165, 1.54) is 54.1 Å². The van der Waals surface area contributed by atoms with E-state index in [0.717, 1.165) is 78.2 Å². The van der Waals surface area contributed by atoms with Gasteiger partial charge in [0.1, 0.15) is 0 Å². The molecule has 11 aromatic carbocycles. The Labute approximate surface area is 392 Å². The summed E-state index contributed by atoms with van der Waals surface area (Å²) < 4.78 is 4.89. The molecule has 68 heavy (non-hydrogen) atoms. The van der Waals surface area contributed by atoms with E-state index in [-0.39, 0.29) is 0 Å². The maximum absolute atomic E-state index is 5.39. The van der Waals surface area contributed by atoms with Crippen LogP contribution in [-0.2, 0) is 0 Å². The van der Waals surface area contributed by atoms with Crippen LogP contribution in [0.15, 0.2) is 243 Å². The van der Waals surface area contributed by atoms with Crippen LogP contribution in [0.5, 0.6) is 0 Å². The zero-order valence-electron chi connectivity index (χ0n) is 36.9. The summed E-state index contributed by atoms with van der Waals surface area (Å²) in [5.74, 6) is 0. The monoisotopic (exact) mass is 864 g/mol. The summed E-state index contributed by atoms with van der Waals surface area (Å²) in [6.45, 7) is 0. The van der Waals surface area contributed by atoms with Gasteiger partial charge >= 0.3 is 0 Å². The largest absolute Gasteiger partial charge is 0.309 e. The Balaban J connectivity index is 0.961. The summed E-state index contributed by atoms with van der Waals surface area (Å²) in [5, 5.41) is 9.83. The van der Waals surface area contributed by atoms with Gasteiger partial charge in [-0.15, -0.1) is 0 Å². The smallest absolute Gasteiger partial charge is 0.0973 e. The fourth-order valence-corrected chi connectivity index (χ4v) is 10.6. The molecular formula is C64H40N4. The highest BCUT2D eigenvalue weighted by Gasteiger charge is 2.20. The number of fused-ring (bicyclic) bond motifs is 10. The Morgan fingerprint density at radius 3 is 1.49 bits per heavy atom. The fourth-order valence-electron chi connectivity index (χ4n) is 10.6. The molecule has 0 radical (unpaired) electrons. The van der Waals surface area contributed by atoms with Crippen molar-refractivity contribution in [3.8, 4) is 56.1 Å². The van der Waals surface area contributed by atoms with E-state index in [1.807, 2.05) is 12.1 Å². The SMILES string of the molecule is c1ccc(-c2cc(-c3ccccc3)cc(-c3nc4ccccc4nc3-c3ccc(-n4c5ccc(-n6c7ccccc7c7ccc8ccccc8c76)cc5c5cc6ccccc6cc54)cc3)c2)cc1. The van der Waals surface area contributed by atoms with E-state index in [9.17, 15) is 0 Å². The Kier molecular flexibility index (Phi) is 8.55. The standard InChI is InChI=1S/C64H40N4/c1-3-15-41(16-4-1)47-35-48(42-17-5-2-6-18-42)37-49(36-47)63-62(65-57-24-12-13-25-58(57)66-63)44-27-30-50(31-28-44)67-60-34-32-51(40-56(60)55-38-45-20-7-8-21-46(45)39-61(55)67)68-59-26-14-11-23-53(59)54-33-29-43-19-9-10-22-52(43)64(54)68/h1-40H. The van der Waals surface area contributed by atoms with Gasteiger partial charge in [-0.25, -0.2) is 9.97 Å². The zero-order valence-corrected chi connectivity index (χ0v) is 36.9. The molecule has 0 atom stereocenters. The van der Waals surface area contributed by atoms with Crippen LogP contribution < -0.4 is 0 Å². The Hall–Kier alpha value is -9.12. The van der Waals surface area contributed by atoms with Crippen LogP contribution in [0.3, 0.4) is 0 Å². The highest BCUT2D eigenvalue weighted by atomic mass is 15.0. The highest BCUT2D eigenvalue weighted by Crippen LogP contribution is 2.42. The molecule has 14 rings (SSSR count). The van der Waals surface area contributed by atoms with Gasteiger partial charge in [0.05, 0.1) is 44.5 Å². The van der Waals surface area contributed by atoms with Gasteiger partial charge in [-0.05, 0) is 117 Å². The third-order valence-electron chi connectivity index (χ3n) is 13.8. The number of benzene rings is 11. The number of aromatic nitrogens is 4. The van der Waals surface area contributed by atoms with Crippen molar-refractivity contribution in [2.45, 2.75) is 0 Å². The molecule has 0 aliphatic carbocycles. The Bertz CT molecular complexity index is 4240. The average Bonchev–Trinajstić information content (AvgIpc) is 3.92. The van der Waals surface area contributed by atoms with E-state index in [2.05, 4.69) is 240 Å². The summed E-state index contributed by atoms with van der Waals surface area (Å²) in [5.41, 5.74) is 16.9. The van der Waals surface area contributed by atoms with Crippen molar-refractivity contribution in [2.75, 3.05) is 0 Å². The van der Waals surface area contributed by atoms with Crippen molar-refractivity contribution in [1.82, 2.24) is 19.1 Å². The van der Waals surface area contributed by atoms with Crippen LogP contribution >= 0.6 is 0 Å². The second-order valence-electron chi connectivity index (χ2n) is 17.8. The number of para-hydroxylation sites is 3. The van der Waals surface area contributed by atoms with Crippen LogP contribution in [0.2, 0.25) is 0 Å². The zero-order chi connectivity index (χ0) is 44.7. The minimum Gasteiger partial charge on any atom is -0.309 e. The van der Waals surface area contributed by atoms with Gasteiger partial charge < -0.3 is 9.13 Å². The fraction of sp³-hybridized carbons (Fsp3) is 0. The minimum atomic E-state index is 0.844. The third kappa shape index (κ3) is 6.08. The lowest BCUT2D eigenvalue weighted by Crippen LogP contribution is -1.98. The summed E-state index contributed by atoms with van der Waals surface area (Å²) in [6, 6.07) is 87.6. The van der Waals surface area contributed by atoms with Gasteiger partial charge in [0.2, 0.25) is 0 Å². The third-order valence-corrected chi connectivity index (χ3v) is 13.8. The van der Waals surface area contributed by atoms with Gasteiger partial charge in [0.15, 0.2) is 0 Å². The Morgan fingerprint density at radius 2 is 0.779 bits per heavy atom. The maximum Gasteiger partial charge on any atom is 0.0973 e. The summed E-state index contributed by atoms with van der Waals surface area (Å²) >= 11 is 0. The van der Waals surface area contributed by atoms with Gasteiger partial charge in [0.25, 0.3) is 0 Å². The predicted octanol–water partition coefficient (Wildman–Crippen LogP) is 16.8. The molecule has 0 spiro atoms. The molecule has 0 aliphatic rings. The highest BCUT2D eigenvalue weighted by molar-refractivity contribution is 6.19. The molecule has 14 aromatic rings. The molecule has 3 heterocycles. The molecule has 0 saturated heterocycles. The van der Waals surface area contributed by atoms with Crippen LogP contribution in [0.25, 0.3) is 132 Å². The van der Waals surface area contributed by atoms with Crippen molar-refractivity contribution < 1.29 is 0 Å². The molecule has 0 unspecified atom stereocenters. The van der Waals surface area contributed by atoms with Crippen LogP contribution in [0.4, 0.5) is 0 Å². The van der Waals surface area contributed by atoms with E-state index >= 15 is 0 Å². The first-order valence-electron chi connectivity index (χ1n) is 23.2. The second kappa shape index (κ2) is 15.2. The normalized spacial score (nSPS) is 11.8. The first-order chi connectivity index (χ1) is 33.7. The van der Waals surface area contributed by atoms with Crippen molar-refractivity contribution in [3.05, 3.63) is 243 Å². The van der Waals surface area contributed by atoms with Gasteiger partial charge in [-0.2, -0.15) is 0 Å². The van der Waals surface area contributed by atoms with E-state index in [1.54, 1.807) is 0 Å². The Morgan fingerprint density at radius 1 is 0.250 bits per heavy atom. The first-order valence-corrected chi connectivity index (χ1v) is 23.2. The maximum atomic E-state index is 5.39. The molecule has 0 N–H and O–H groups in total. The number of hydrogen-bond acceptors (Lipinski definition) is 2. The van der Waals surface area contributed by atoms with Crippen LogP contribution in [0.1, 0.15) is 0 Å². The molecule has 0 fully saturated rings. The summed E-state index contributed by atoms with van der Waals surface area (Å²) in [7, 11) is 0. The van der Waals surface area contributed by atoms with Gasteiger partial charge in [0, 0.05) is 49.4 Å². The van der Waals surface area contributed by atoms with Gasteiger partial charge in [-0.1, -0.05) is 164 Å². The lowest BCUT2D eigenvalue weighted by Gasteiger charge is -2.15. The van der Waals surface area contributed by atoms with Crippen molar-refractivity contribution in [2.24, 2.45) is 0 Å². The summed E-state index contributed by atoms with van der Waals surface area (Å²) in [6.07, 6.45) is 0. The lowest BCUT2D eigenvalue weighted by molar-refractivity contribution is 1.17. The quantitative estimate of drug-likeness (QED) is 0.167. The van der Waals surface area contributed by atoms with Crippen LogP contribution in [-0.4, -0.2) is 19.1 Å². The molecule has 0 bridgehead atoms. The average molecular weight is 865 g/mol. The molecule has 4 nitrogen and oxygen atoms in total. The number of rotatable bonds is 6. The van der Waals surface area contributed by atoms with E-state index in [0.29, 0.717) is 0 Å². The minimum absolute atomic E-state index is 0.844. The lowest BCUT2D eigenvalue weighted by atomic mass is 9.93. The molecule has 4 heteroatoms. The molecule has 0 saturated carbocycles. The van der Waals surface area contributed by atoms with Crippen LogP contribution in [0, 0.1) is 0 Å². The summed E-state index contributed by atoms with van der Waals surface area (Å²) in [4.78, 5) is 10.8. The molecule has 0 aliphatic heterocycles. The van der Waals surface area contributed by atoms with E-state index in [4.69, 9.17) is 9.97 Å².